The van der Waals surface area contributed by atoms with Crippen LogP contribution in [0, 0.1) is 0 Å². The Morgan fingerprint density at radius 2 is 1.53 bits per heavy atom. The van der Waals surface area contributed by atoms with E-state index >= 15 is 0 Å². The molecule has 0 aliphatic heterocycles. The molecule has 6 nitrogen and oxygen atoms in total. The Labute approximate surface area is 225 Å². The third kappa shape index (κ3) is 8.79. The van der Waals surface area contributed by atoms with Crippen molar-refractivity contribution in [3.05, 3.63) is 76.7 Å². The largest absolute Gasteiger partial charge is 0.492 e. The number of carbonyl (C=O) groups is 1. The summed E-state index contributed by atoms with van der Waals surface area (Å²) in [5.41, 5.74) is -0.119. The van der Waals surface area contributed by atoms with Crippen molar-refractivity contribution in [2.75, 3.05) is 13.2 Å². The van der Waals surface area contributed by atoms with E-state index in [2.05, 4.69) is 26.0 Å². The predicted octanol–water partition coefficient (Wildman–Crippen LogP) is 8.27. The molecule has 0 unspecified atom stereocenters. The summed E-state index contributed by atoms with van der Waals surface area (Å²) < 4.78 is 23.3. The van der Waals surface area contributed by atoms with Gasteiger partial charge in [-0.1, -0.05) is 95.2 Å². The topological polar surface area (TPSA) is 75.0 Å². The summed E-state index contributed by atoms with van der Waals surface area (Å²) >= 11 is 0. The van der Waals surface area contributed by atoms with Crippen molar-refractivity contribution >= 4 is 16.9 Å². The molecule has 2 aromatic carbocycles. The van der Waals surface area contributed by atoms with Crippen molar-refractivity contribution in [2.45, 2.75) is 78.1 Å². The highest BCUT2D eigenvalue weighted by atomic mass is 16.6. The molecule has 1 heterocycles. The van der Waals surface area contributed by atoms with Gasteiger partial charge in [0, 0.05) is 0 Å². The number of ether oxygens (including phenoxy) is 3. The number of esters is 1. The summed E-state index contributed by atoms with van der Waals surface area (Å²) in [6.45, 7) is 5.14. The summed E-state index contributed by atoms with van der Waals surface area (Å²) in [5, 5.41) is 0.488. The second kappa shape index (κ2) is 16.3. The van der Waals surface area contributed by atoms with Crippen molar-refractivity contribution in [1.29, 1.82) is 0 Å². The van der Waals surface area contributed by atoms with E-state index in [1.165, 1.54) is 32.1 Å². The van der Waals surface area contributed by atoms with Crippen molar-refractivity contribution in [3.8, 4) is 17.2 Å². The lowest BCUT2D eigenvalue weighted by atomic mass is 10.1. The van der Waals surface area contributed by atoms with Crippen molar-refractivity contribution in [2.24, 2.45) is 0 Å². The first-order chi connectivity index (χ1) is 18.7. The molecule has 0 bridgehead atoms. The van der Waals surface area contributed by atoms with E-state index in [1.807, 2.05) is 0 Å². The van der Waals surface area contributed by atoms with E-state index in [-0.39, 0.29) is 11.5 Å². The van der Waals surface area contributed by atoms with Crippen LogP contribution in [-0.2, 0) is 0 Å². The Morgan fingerprint density at radius 3 is 2.26 bits per heavy atom. The number of hydrogen-bond acceptors (Lipinski definition) is 6. The molecule has 0 spiro atoms. The Morgan fingerprint density at radius 1 is 0.789 bits per heavy atom. The third-order valence-electron chi connectivity index (χ3n) is 6.20. The van der Waals surface area contributed by atoms with Crippen LogP contribution in [0.4, 0.5) is 0 Å². The fourth-order valence-electron chi connectivity index (χ4n) is 4.18. The van der Waals surface area contributed by atoms with Gasteiger partial charge in [0.05, 0.1) is 18.8 Å². The maximum absolute atomic E-state index is 13.0. The van der Waals surface area contributed by atoms with Crippen LogP contribution in [0.5, 0.6) is 17.2 Å². The molecule has 3 rings (SSSR count). The molecule has 3 aromatic rings. The van der Waals surface area contributed by atoms with Crippen LogP contribution in [0.1, 0.15) is 88.4 Å². The van der Waals surface area contributed by atoms with Gasteiger partial charge in [0.2, 0.25) is 0 Å². The maximum Gasteiger partial charge on any atom is 0.383 e. The number of fused-ring (bicyclic) bond motifs is 1. The van der Waals surface area contributed by atoms with E-state index in [0.717, 1.165) is 32.1 Å². The molecule has 0 aliphatic rings. The van der Waals surface area contributed by atoms with Gasteiger partial charge in [-0.3, -0.25) is 0 Å². The van der Waals surface area contributed by atoms with E-state index in [1.54, 1.807) is 48.5 Å². The normalized spacial score (nSPS) is 11.2. The van der Waals surface area contributed by atoms with Crippen LogP contribution in [0.25, 0.3) is 11.0 Å². The van der Waals surface area contributed by atoms with Gasteiger partial charge >= 0.3 is 11.6 Å². The van der Waals surface area contributed by atoms with Crippen LogP contribution < -0.4 is 19.8 Å². The lowest BCUT2D eigenvalue weighted by molar-refractivity contribution is 0.0721. The van der Waals surface area contributed by atoms with Gasteiger partial charge < -0.3 is 18.6 Å². The average molecular weight is 521 g/mol. The highest BCUT2D eigenvalue weighted by molar-refractivity contribution is 5.95. The summed E-state index contributed by atoms with van der Waals surface area (Å²) in [6, 6.07) is 13.8. The second-order valence-electron chi connectivity index (χ2n) is 9.27. The molecule has 0 atom stereocenters. The van der Waals surface area contributed by atoms with E-state index in [0.29, 0.717) is 35.5 Å². The van der Waals surface area contributed by atoms with Gasteiger partial charge in [0.25, 0.3) is 5.75 Å². The number of benzene rings is 2. The maximum atomic E-state index is 13.0. The van der Waals surface area contributed by atoms with Gasteiger partial charge in [0.15, 0.2) is 5.75 Å². The number of unbranched alkanes of at least 4 members (excludes halogenated alkanes) is 7. The minimum Gasteiger partial charge on any atom is -0.492 e. The first-order valence-electron chi connectivity index (χ1n) is 13.9. The number of hydrogen-bond donors (Lipinski definition) is 0. The lowest BCUT2D eigenvalue weighted by Crippen LogP contribution is -2.16. The highest BCUT2D eigenvalue weighted by Gasteiger charge is 2.24. The standard InChI is InChI=1S/C32H40O6/c1-3-5-7-9-10-11-12-17-24-36-29-28-26(35-23-16-8-6-4-2)21-18-22-27(28)37-32(34)30(29)38-31(33)25-19-14-13-15-20-25/h6,8,13-15,18-22H,3-5,7,9-12,16-17,23-24H2,1-2H3/b8-6+. The molecule has 204 valence electrons. The Balaban J connectivity index is 1.83. The molecule has 0 saturated carbocycles. The Bertz CT molecular complexity index is 1210. The number of allylic oxidation sites excluding steroid dienone is 1. The Hall–Kier alpha value is -3.54. The van der Waals surface area contributed by atoms with Gasteiger partial charge in [-0.05, 0) is 43.5 Å². The van der Waals surface area contributed by atoms with Crippen molar-refractivity contribution < 1.29 is 23.4 Å². The molecule has 6 heteroatoms. The van der Waals surface area contributed by atoms with Crippen LogP contribution in [0.2, 0.25) is 0 Å². The molecule has 0 amide bonds. The van der Waals surface area contributed by atoms with Crippen LogP contribution in [-0.4, -0.2) is 19.2 Å². The zero-order valence-corrected chi connectivity index (χ0v) is 22.7. The molecule has 0 aliphatic carbocycles. The predicted molar refractivity (Wildman–Crippen MR) is 152 cm³/mol. The minimum atomic E-state index is -0.768. The van der Waals surface area contributed by atoms with E-state index < -0.39 is 11.6 Å². The fourth-order valence-corrected chi connectivity index (χ4v) is 4.18. The average Bonchev–Trinajstić information content (AvgIpc) is 2.93. The Kier molecular flexibility index (Phi) is 12.5. The minimum absolute atomic E-state index is 0.183. The van der Waals surface area contributed by atoms with Gasteiger partial charge in [-0.2, -0.15) is 0 Å². The van der Waals surface area contributed by atoms with Gasteiger partial charge in [0.1, 0.15) is 16.7 Å². The second-order valence-corrected chi connectivity index (χ2v) is 9.27. The summed E-state index contributed by atoms with van der Waals surface area (Å²) in [4.78, 5) is 25.8. The molecule has 0 radical (unpaired) electrons. The lowest BCUT2D eigenvalue weighted by Gasteiger charge is -2.15. The van der Waals surface area contributed by atoms with Crippen LogP contribution in [0.3, 0.4) is 0 Å². The molecule has 1 aromatic heterocycles. The molecular formula is C32H40O6. The molecule has 38 heavy (non-hydrogen) atoms. The SMILES string of the molecule is CC/C=C/CCOc1cccc2oc(=O)c(OC(=O)c3ccccc3)c(OCCCCCCCCCC)c12. The smallest absolute Gasteiger partial charge is 0.383 e. The quantitative estimate of drug-likeness (QED) is 0.0772. The number of rotatable bonds is 17. The summed E-state index contributed by atoms with van der Waals surface area (Å²) in [6.07, 6.45) is 15.1. The van der Waals surface area contributed by atoms with E-state index in [4.69, 9.17) is 18.6 Å². The fraction of sp³-hybridized carbons (Fsp3) is 0.438. The van der Waals surface area contributed by atoms with Gasteiger partial charge in [-0.15, -0.1) is 0 Å². The van der Waals surface area contributed by atoms with Crippen LogP contribution in [0.15, 0.2) is 69.9 Å². The first-order valence-corrected chi connectivity index (χ1v) is 13.9. The molecule has 0 N–H and O–H groups in total. The molecule has 0 fully saturated rings. The molecular weight excluding hydrogens is 480 g/mol. The molecule has 0 saturated heterocycles. The monoisotopic (exact) mass is 520 g/mol. The first kappa shape index (κ1) is 29.0. The third-order valence-corrected chi connectivity index (χ3v) is 6.20. The zero-order chi connectivity index (χ0) is 27.0. The summed E-state index contributed by atoms with van der Waals surface area (Å²) in [5.74, 6) is -0.215. The van der Waals surface area contributed by atoms with Crippen molar-refractivity contribution in [1.82, 2.24) is 0 Å². The zero-order valence-electron chi connectivity index (χ0n) is 22.7. The number of carbonyl (C=O) groups excluding carboxylic acids is 1. The highest BCUT2D eigenvalue weighted by Crippen LogP contribution is 2.39. The van der Waals surface area contributed by atoms with Crippen molar-refractivity contribution in [3.63, 3.8) is 0 Å². The summed E-state index contributed by atoms with van der Waals surface area (Å²) in [7, 11) is 0. The van der Waals surface area contributed by atoms with Crippen LogP contribution >= 0.6 is 0 Å². The van der Waals surface area contributed by atoms with Gasteiger partial charge in [-0.25, -0.2) is 9.59 Å². The van der Waals surface area contributed by atoms with E-state index in [9.17, 15) is 9.59 Å².